The van der Waals surface area contributed by atoms with Gasteiger partial charge in [0.1, 0.15) is 0 Å². The molecule has 0 unspecified atom stereocenters. The molecule has 1 aliphatic rings. The fourth-order valence-corrected chi connectivity index (χ4v) is 5.30. The molecule has 1 heterocycles. The number of piperazine rings is 1. The smallest absolute Gasteiger partial charge is 0.317 e. The molecule has 0 atom stereocenters. The third-order valence-corrected chi connectivity index (χ3v) is 7.26. The second-order valence-corrected chi connectivity index (χ2v) is 9.51. The van der Waals surface area contributed by atoms with Crippen molar-refractivity contribution < 1.29 is 22.7 Å². The normalized spacial score (nSPS) is 15.0. The van der Waals surface area contributed by atoms with E-state index in [4.69, 9.17) is 9.47 Å². The van der Waals surface area contributed by atoms with Gasteiger partial charge in [-0.25, -0.2) is 13.2 Å². The highest BCUT2D eigenvalue weighted by Gasteiger charge is 2.30. The Kier molecular flexibility index (Phi) is 7.22. The Bertz CT molecular complexity index is 1010. The Labute approximate surface area is 184 Å². The number of amides is 2. The first-order chi connectivity index (χ1) is 14.4. The minimum absolute atomic E-state index is 0.236. The fourth-order valence-electron chi connectivity index (χ4n) is 3.28. The van der Waals surface area contributed by atoms with Crippen molar-refractivity contribution in [2.75, 3.05) is 40.4 Å². The minimum Gasteiger partial charge on any atom is -0.493 e. The molecule has 30 heavy (non-hydrogen) atoms. The van der Waals surface area contributed by atoms with E-state index in [9.17, 15) is 13.2 Å². The molecule has 0 aliphatic carbocycles. The fraction of sp³-hybridized carbons (Fsp3) is 0.350. The van der Waals surface area contributed by atoms with Gasteiger partial charge in [-0.1, -0.05) is 34.1 Å². The van der Waals surface area contributed by atoms with Crippen LogP contribution in [-0.4, -0.2) is 64.1 Å². The topological polar surface area (TPSA) is 88.2 Å². The zero-order valence-corrected chi connectivity index (χ0v) is 19.2. The van der Waals surface area contributed by atoms with Crippen molar-refractivity contribution in [3.05, 3.63) is 52.5 Å². The minimum atomic E-state index is -3.59. The molecule has 2 aromatic carbocycles. The maximum atomic E-state index is 12.8. The van der Waals surface area contributed by atoms with Crippen LogP contribution in [0, 0.1) is 0 Å². The van der Waals surface area contributed by atoms with Crippen LogP contribution >= 0.6 is 15.9 Å². The zero-order valence-electron chi connectivity index (χ0n) is 16.8. The van der Waals surface area contributed by atoms with Gasteiger partial charge in [-0.05, 0) is 24.3 Å². The number of nitrogens with one attached hydrogen (secondary N) is 1. The maximum absolute atomic E-state index is 12.8. The quantitative estimate of drug-likeness (QED) is 0.662. The molecule has 0 saturated carbocycles. The van der Waals surface area contributed by atoms with Crippen LogP contribution in [-0.2, 0) is 16.6 Å². The van der Waals surface area contributed by atoms with Crippen molar-refractivity contribution in [2.24, 2.45) is 0 Å². The van der Waals surface area contributed by atoms with E-state index in [1.54, 1.807) is 49.5 Å². The van der Waals surface area contributed by atoms with E-state index in [0.717, 1.165) is 5.56 Å². The second kappa shape index (κ2) is 9.67. The van der Waals surface area contributed by atoms with Crippen LogP contribution in [0.15, 0.2) is 51.8 Å². The largest absolute Gasteiger partial charge is 0.493 e. The van der Waals surface area contributed by atoms with Crippen LogP contribution in [0.25, 0.3) is 0 Å². The molecule has 0 aromatic heterocycles. The molecule has 162 valence electrons. The molecule has 1 saturated heterocycles. The SMILES string of the molecule is COc1cccc(CNC(=O)N2CCN(S(=O)(=O)c3cccc(Br)c3)CC2)c1OC. The molecule has 1 fully saturated rings. The molecule has 8 nitrogen and oxygen atoms in total. The van der Waals surface area contributed by atoms with E-state index < -0.39 is 10.0 Å². The number of rotatable bonds is 6. The lowest BCUT2D eigenvalue weighted by atomic mass is 10.2. The van der Waals surface area contributed by atoms with Gasteiger partial charge < -0.3 is 19.7 Å². The first-order valence-electron chi connectivity index (χ1n) is 9.35. The summed E-state index contributed by atoms with van der Waals surface area (Å²) in [6, 6.07) is 11.8. The molecule has 10 heteroatoms. The monoisotopic (exact) mass is 497 g/mol. The first-order valence-corrected chi connectivity index (χ1v) is 11.6. The van der Waals surface area contributed by atoms with Gasteiger partial charge in [-0.3, -0.25) is 0 Å². The number of methoxy groups -OCH3 is 2. The molecular weight excluding hydrogens is 474 g/mol. The van der Waals surface area contributed by atoms with Gasteiger partial charge in [-0.15, -0.1) is 0 Å². The van der Waals surface area contributed by atoms with Gasteiger partial charge in [0.05, 0.1) is 19.1 Å². The summed E-state index contributed by atoms with van der Waals surface area (Å²) >= 11 is 3.30. The van der Waals surface area contributed by atoms with Crippen molar-refractivity contribution in [1.29, 1.82) is 0 Å². The van der Waals surface area contributed by atoms with E-state index in [2.05, 4.69) is 21.2 Å². The molecule has 1 N–H and O–H groups in total. The maximum Gasteiger partial charge on any atom is 0.317 e. The number of sulfonamides is 1. The van der Waals surface area contributed by atoms with Crippen LogP contribution in [0.2, 0.25) is 0 Å². The standard InChI is InChI=1S/C20H24BrN3O5S/c1-28-18-8-3-5-15(19(18)29-2)14-22-20(25)23-9-11-24(12-10-23)30(26,27)17-7-4-6-16(21)13-17/h3-8,13H,9-12,14H2,1-2H3,(H,22,25). The van der Waals surface area contributed by atoms with E-state index in [1.165, 1.54) is 4.31 Å². The summed E-state index contributed by atoms with van der Waals surface area (Å²) in [6.07, 6.45) is 0. The Hall–Kier alpha value is -2.30. The number of carbonyl (C=O) groups excluding carboxylic acids is 1. The molecule has 2 aromatic rings. The molecule has 3 rings (SSSR count). The highest BCUT2D eigenvalue weighted by atomic mass is 79.9. The number of hydrogen-bond acceptors (Lipinski definition) is 5. The molecule has 2 amide bonds. The number of hydrogen-bond donors (Lipinski definition) is 1. The second-order valence-electron chi connectivity index (χ2n) is 6.66. The Morgan fingerprint density at radius 1 is 1.07 bits per heavy atom. The molecule has 0 bridgehead atoms. The molecule has 0 spiro atoms. The van der Waals surface area contributed by atoms with Gasteiger partial charge >= 0.3 is 6.03 Å². The van der Waals surface area contributed by atoms with E-state index in [-0.39, 0.29) is 30.6 Å². The number of halogens is 1. The van der Waals surface area contributed by atoms with Gasteiger partial charge in [0, 0.05) is 42.8 Å². The highest BCUT2D eigenvalue weighted by molar-refractivity contribution is 9.10. The van der Waals surface area contributed by atoms with E-state index in [1.807, 2.05) is 12.1 Å². The third-order valence-electron chi connectivity index (χ3n) is 4.87. The Balaban J connectivity index is 1.58. The van der Waals surface area contributed by atoms with Gasteiger partial charge in [0.25, 0.3) is 0 Å². The summed E-state index contributed by atoms with van der Waals surface area (Å²) in [5.41, 5.74) is 0.793. The summed E-state index contributed by atoms with van der Waals surface area (Å²) in [5, 5.41) is 2.86. The number of urea groups is 1. The average molecular weight is 498 g/mol. The number of nitrogens with zero attached hydrogens (tertiary/aromatic N) is 2. The molecule has 0 radical (unpaired) electrons. The number of benzene rings is 2. The van der Waals surface area contributed by atoms with Gasteiger partial charge in [0.15, 0.2) is 11.5 Å². The van der Waals surface area contributed by atoms with Crippen LogP contribution < -0.4 is 14.8 Å². The number of carbonyl (C=O) groups is 1. The summed E-state index contributed by atoms with van der Waals surface area (Å²) in [7, 11) is -0.484. The number of ether oxygens (including phenoxy) is 2. The van der Waals surface area contributed by atoms with Crippen LogP contribution in [0.4, 0.5) is 4.79 Å². The summed E-state index contributed by atoms with van der Waals surface area (Å²) in [6.45, 7) is 1.38. The van der Waals surface area contributed by atoms with Crippen LogP contribution in [0.3, 0.4) is 0 Å². The van der Waals surface area contributed by atoms with Crippen LogP contribution in [0.1, 0.15) is 5.56 Å². The number of para-hydroxylation sites is 1. The lowest BCUT2D eigenvalue weighted by molar-refractivity contribution is 0.172. The average Bonchev–Trinajstić information content (AvgIpc) is 2.77. The van der Waals surface area contributed by atoms with Crippen molar-refractivity contribution in [3.8, 4) is 11.5 Å². The van der Waals surface area contributed by atoms with Gasteiger partial charge in [0.2, 0.25) is 10.0 Å². The molecular formula is C20H24BrN3O5S. The first kappa shape index (κ1) is 22.4. The zero-order chi connectivity index (χ0) is 21.7. The predicted molar refractivity (Wildman–Crippen MR) is 116 cm³/mol. The summed E-state index contributed by atoms with van der Waals surface area (Å²) in [4.78, 5) is 14.4. The molecule has 1 aliphatic heterocycles. The van der Waals surface area contributed by atoms with E-state index in [0.29, 0.717) is 29.1 Å². The summed E-state index contributed by atoms with van der Waals surface area (Å²) in [5.74, 6) is 1.17. The van der Waals surface area contributed by atoms with Crippen molar-refractivity contribution in [3.63, 3.8) is 0 Å². The summed E-state index contributed by atoms with van der Waals surface area (Å²) < 4.78 is 38.4. The van der Waals surface area contributed by atoms with Crippen LogP contribution in [0.5, 0.6) is 11.5 Å². The third kappa shape index (κ3) is 4.88. The highest BCUT2D eigenvalue weighted by Crippen LogP contribution is 2.30. The Morgan fingerprint density at radius 2 is 1.77 bits per heavy atom. The van der Waals surface area contributed by atoms with Crippen molar-refractivity contribution in [2.45, 2.75) is 11.4 Å². The lowest BCUT2D eigenvalue weighted by Gasteiger charge is -2.34. The van der Waals surface area contributed by atoms with Crippen molar-refractivity contribution >= 4 is 32.0 Å². The lowest BCUT2D eigenvalue weighted by Crippen LogP contribution is -2.52. The van der Waals surface area contributed by atoms with Crippen molar-refractivity contribution in [1.82, 2.24) is 14.5 Å². The predicted octanol–water partition coefficient (Wildman–Crippen LogP) is 2.68. The Morgan fingerprint density at radius 3 is 2.40 bits per heavy atom. The van der Waals surface area contributed by atoms with Gasteiger partial charge in [-0.2, -0.15) is 4.31 Å². The van der Waals surface area contributed by atoms with E-state index >= 15 is 0 Å².